The Bertz CT molecular complexity index is 612. The summed E-state index contributed by atoms with van der Waals surface area (Å²) in [6.45, 7) is -1.07. The van der Waals surface area contributed by atoms with Crippen LogP contribution in [0.25, 0.3) is 0 Å². The summed E-state index contributed by atoms with van der Waals surface area (Å²) in [5.74, 6) is -2.27. The lowest BCUT2D eigenvalue weighted by atomic mass is 10.2. The van der Waals surface area contributed by atoms with Crippen molar-refractivity contribution in [2.24, 2.45) is 0 Å². The first-order valence-electron chi connectivity index (χ1n) is 4.99. The third kappa shape index (κ3) is 4.76. The Balaban J connectivity index is 2.97. The van der Waals surface area contributed by atoms with Crippen LogP contribution in [-0.4, -0.2) is 38.2 Å². The molecular weight excluding hydrogens is 369 g/mol. The lowest BCUT2D eigenvalue weighted by molar-refractivity contribution is -0.322. The Hall–Kier alpha value is -1.13. The first kappa shape index (κ1) is 16.9. The molecule has 0 spiro atoms. The second-order valence-corrected chi connectivity index (χ2v) is 6.50. The van der Waals surface area contributed by atoms with E-state index in [1.54, 1.807) is 0 Å². The fourth-order valence-electron chi connectivity index (χ4n) is 1.25. The van der Waals surface area contributed by atoms with E-state index in [0.717, 1.165) is 12.1 Å². The SMILES string of the molecule is O=C(O)c1ccc(Br)c(S(=O)(=O)CCOC(F)(F)F)c1. The summed E-state index contributed by atoms with van der Waals surface area (Å²) in [7, 11) is -4.10. The standard InChI is InChI=1S/C10H8BrF3O5S/c11-7-2-1-6(9(15)16)5-8(7)20(17,18)4-3-19-10(12,13)14/h1-2,5H,3-4H2,(H,15,16). The molecule has 0 saturated carbocycles. The van der Waals surface area contributed by atoms with Gasteiger partial charge in [0.25, 0.3) is 0 Å². The normalized spacial score (nSPS) is 12.4. The molecule has 0 aliphatic rings. The van der Waals surface area contributed by atoms with Crippen LogP contribution in [0.1, 0.15) is 10.4 Å². The molecular formula is C10H8BrF3O5S. The first-order chi connectivity index (χ1) is 9.03. The molecule has 0 amide bonds. The highest BCUT2D eigenvalue weighted by molar-refractivity contribution is 9.10. The summed E-state index contributed by atoms with van der Waals surface area (Å²) in [6.07, 6.45) is -4.92. The molecule has 1 rings (SSSR count). The van der Waals surface area contributed by atoms with E-state index in [0.29, 0.717) is 0 Å². The Morgan fingerprint density at radius 3 is 2.45 bits per heavy atom. The number of aromatic carboxylic acids is 1. The Morgan fingerprint density at radius 2 is 1.95 bits per heavy atom. The van der Waals surface area contributed by atoms with Crippen molar-refractivity contribution in [2.45, 2.75) is 11.3 Å². The van der Waals surface area contributed by atoms with E-state index in [-0.39, 0.29) is 10.0 Å². The number of rotatable bonds is 5. The van der Waals surface area contributed by atoms with Gasteiger partial charge in [0.1, 0.15) is 0 Å². The number of halogens is 4. The molecule has 0 fully saturated rings. The minimum Gasteiger partial charge on any atom is -0.478 e. The number of carboxylic acids is 1. The molecule has 112 valence electrons. The highest BCUT2D eigenvalue weighted by atomic mass is 79.9. The van der Waals surface area contributed by atoms with Crippen LogP contribution in [0.2, 0.25) is 0 Å². The lowest BCUT2D eigenvalue weighted by Crippen LogP contribution is -2.20. The first-order valence-corrected chi connectivity index (χ1v) is 7.44. The van der Waals surface area contributed by atoms with Crippen molar-refractivity contribution in [3.05, 3.63) is 28.2 Å². The van der Waals surface area contributed by atoms with Crippen LogP contribution >= 0.6 is 15.9 Å². The second-order valence-electron chi connectivity index (χ2n) is 3.56. The third-order valence-electron chi connectivity index (χ3n) is 2.13. The average molecular weight is 377 g/mol. The van der Waals surface area contributed by atoms with Crippen molar-refractivity contribution >= 4 is 31.7 Å². The molecule has 10 heteroatoms. The summed E-state index contributed by atoms with van der Waals surface area (Å²) in [6, 6.07) is 3.23. The minimum absolute atomic E-state index is 0.0644. The van der Waals surface area contributed by atoms with Gasteiger partial charge in [-0.15, -0.1) is 13.2 Å². The van der Waals surface area contributed by atoms with E-state index in [9.17, 15) is 26.4 Å². The van der Waals surface area contributed by atoms with E-state index < -0.39 is 39.4 Å². The number of hydrogen-bond donors (Lipinski definition) is 1. The number of ether oxygens (including phenoxy) is 1. The van der Waals surface area contributed by atoms with Crippen molar-refractivity contribution in [3.63, 3.8) is 0 Å². The fraction of sp³-hybridized carbons (Fsp3) is 0.300. The monoisotopic (exact) mass is 376 g/mol. The summed E-state index contributed by atoms with van der Waals surface area (Å²) >= 11 is 2.91. The Labute approximate surface area is 120 Å². The maximum atomic E-state index is 11.8. The average Bonchev–Trinajstić information content (AvgIpc) is 2.26. The van der Waals surface area contributed by atoms with Crippen LogP contribution < -0.4 is 0 Å². The van der Waals surface area contributed by atoms with Crippen molar-refractivity contribution in [2.75, 3.05) is 12.4 Å². The lowest BCUT2D eigenvalue weighted by Gasteiger charge is -2.09. The third-order valence-corrected chi connectivity index (χ3v) is 4.80. The molecule has 0 aromatic heterocycles. The predicted molar refractivity (Wildman–Crippen MR) is 65.2 cm³/mol. The zero-order chi connectivity index (χ0) is 15.6. The molecule has 1 aromatic carbocycles. The van der Waals surface area contributed by atoms with Gasteiger partial charge < -0.3 is 5.11 Å². The molecule has 1 aromatic rings. The van der Waals surface area contributed by atoms with Crippen molar-refractivity contribution < 1.29 is 36.2 Å². The summed E-state index contributed by atoms with van der Waals surface area (Å²) in [5.41, 5.74) is -0.288. The molecule has 0 aliphatic heterocycles. The van der Waals surface area contributed by atoms with Crippen molar-refractivity contribution in [1.82, 2.24) is 0 Å². The largest absolute Gasteiger partial charge is 0.522 e. The van der Waals surface area contributed by atoms with E-state index in [2.05, 4.69) is 20.7 Å². The molecule has 0 aliphatic carbocycles. The number of benzene rings is 1. The quantitative estimate of drug-likeness (QED) is 0.853. The summed E-state index contributed by atoms with van der Waals surface area (Å²) in [4.78, 5) is 10.4. The van der Waals surface area contributed by atoms with Gasteiger partial charge in [-0.2, -0.15) is 0 Å². The minimum atomic E-state index is -4.92. The van der Waals surface area contributed by atoms with Gasteiger partial charge in [0, 0.05) is 4.47 Å². The van der Waals surface area contributed by atoms with Gasteiger partial charge in [-0.05, 0) is 34.1 Å². The number of hydrogen-bond acceptors (Lipinski definition) is 4. The maximum Gasteiger partial charge on any atom is 0.522 e. The van der Waals surface area contributed by atoms with Gasteiger partial charge in [-0.3, -0.25) is 4.74 Å². The van der Waals surface area contributed by atoms with Crippen LogP contribution in [0.3, 0.4) is 0 Å². The Morgan fingerprint density at radius 1 is 1.35 bits per heavy atom. The van der Waals surface area contributed by atoms with E-state index in [1.807, 2.05) is 0 Å². The highest BCUT2D eigenvalue weighted by Gasteiger charge is 2.30. The number of alkyl halides is 3. The van der Waals surface area contributed by atoms with Crippen molar-refractivity contribution in [3.8, 4) is 0 Å². The molecule has 0 bridgehead atoms. The molecule has 0 saturated heterocycles. The Kier molecular flexibility index (Phi) is 5.16. The van der Waals surface area contributed by atoms with Crippen LogP contribution in [-0.2, 0) is 14.6 Å². The van der Waals surface area contributed by atoms with Crippen LogP contribution in [0.5, 0.6) is 0 Å². The molecule has 5 nitrogen and oxygen atoms in total. The van der Waals surface area contributed by atoms with E-state index in [1.165, 1.54) is 6.07 Å². The summed E-state index contributed by atoms with van der Waals surface area (Å²) < 4.78 is 62.5. The molecule has 0 heterocycles. The zero-order valence-electron chi connectivity index (χ0n) is 9.65. The molecule has 0 unspecified atom stereocenters. The van der Waals surface area contributed by atoms with Gasteiger partial charge in [-0.25, -0.2) is 13.2 Å². The van der Waals surface area contributed by atoms with Gasteiger partial charge in [0.05, 0.1) is 22.8 Å². The van der Waals surface area contributed by atoms with E-state index >= 15 is 0 Å². The fourth-order valence-corrected chi connectivity index (χ4v) is 3.43. The topological polar surface area (TPSA) is 80.7 Å². The van der Waals surface area contributed by atoms with Crippen LogP contribution in [0.4, 0.5) is 13.2 Å². The number of sulfone groups is 1. The second kappa shape index (κ2) is 6.10. The summed E-state index contributed by atoms with van der Waals surface area (Å²) in [5, 5.41) is 8.77. The van der Waals surface area contributed by atoms with Gasteiger partial charge in [-0.1, -0.05) is 0 Å². The zero-order valence-corrected chi connectivity index (χ0v) is 12.0. The van der Waals surface area contributed by atoms with Gasteiger partial charge in [0.2, 0.25) is 0 Å². The maximum absolute atomic E-state index is 11.8. The van der Waals surface area contributed by atoms with Crippen molar-refractivity contribution in [1.29, 1.82) is 0 Å². The number of carbonyl (C=O) groups is 1. The molecule has 1 N–H and O–H groups in total. The van der Waals surface area contributed by atoms with Crippen LogP contribution in [0.15, 0.2) is 27.6 Å². The molecule has 0 radical (unpaired) electrons. The number of carboxylic acid groups (broad SMARTS) is 1. The smallest absolute Gasteiger partial charge is 0.478 e. The predicted octanol–water partition coefficient (Wildman–Crippen LogP) is 2.46. The van der Waals surface area contributed by atoms with Gasteiger partial charge in [0.15, 0.2) is 9.84 Å². The molecule has 20 heavy (non-hydrogen) atoms. The highest BCUT2D eigenvalue weighted by Crippen LogP contribution is 2.25. The van der Waals surface area contributed by atoms with E-state index in [4.69, 9.17) is 5.11 Å². The molecule has 0 atom stereocenters. The van der Waals surface area contributed by atoms with Crippen LogP contribution in [0, 0.1) is 0 Å². The van der Waals surface area contributed by atoms with Gasteiger partial charge >= 0.3 is 12.3 Å².